The maximum absolute atomic E-state index is 12.8. The number of hydrogen-bond acceptors (Lipinski definition) is 2. The third kappa shape index (κ3) is 2.90. The third-order valence-corrected chi connectivity index (χ3v) is 2.55. The van der Waals surface area contributed by atoms with Gasteiger partial charge in [0.05, 0.1) is 0 Å². The summed E-state index contributed by atoms with van der Waals surface area (Å²) in [7, 11) is 0. The van der Waals surface area contributed by atoms with Gasteiger partial charge in [0, 0.05) is 31.3 Å². The average molecular weight is 206 g/mol. The van der Waals surface area contributed by atoms with Crippen molar-refractivity contribution in [3.8, 4) is 0 Å². The molecule has 82 valence electrons. The standard InChI is InChI=1S/C9H16F2N2O/c1-6(5-12)8(14)13-7-2-3-9(10,11)4-7/h6-7H,2-5,12H2,1H3,(H,13,14). The first kappa shape index (κ1) is 11.4. The highest BCUT2D eigenvalue weighted by molar-refractivity contribution is 5.78. The Morgan fingerprint density at radius 2 is 2.36 bits per heavy atom. The Labute approximate surface area is 82.0 Å². The molecule has 1 rings (SSSR count). The summed E-state index contributed by atoms with van der Waals surface area (Å²) < 4.78 is 25.5. The first-order chi connectivity index (χ1) is 6.44. The summed E-state index contributed by atoms with van der Waals surface area (Å²) in [5.74, 6) is -3.14. The fourth-order valence-electron chi connectivity index (χ4n) is 1.52. The molecule has 0 aromatic heterocycles. The van der Waals surface area contributed by atoms with E-state index in [1.165, 1.54) is 0 Å². The molecule has 2 unspecified atom stereocenters. The van der Waals surface area contributed by atoms with Gasteiger partial charge in [-0.1, -0.05) is 6.92 Å². The molecule has 3 N–H and O–H groups in total. The fraction of sp³-hybridized carbons (Fsp3) is 0.889. The minimum Gasteiger partial charge on any atom is -0.353 e. The fourth-order valence-corrected chi connectivity index (χ4v) is 1.52. The number of halogens is 2. The highest BCUT2D eigenvalue weighted by Gasteiger charge is 2.40. The zero-order chi connectivity index (χ0) is 10.8. The Kier molecular flexibility index (Phi) is 3.42. The van der Waals surface area contributed by atoms with Crippen molar-refractivity contribution in [1.29, 1.82) is 0 Å². The van der Waals surface area contributed by atoms with Gasteiger partial charge in [-0.05, 0) is 6.42 Å². The Morgan fingerprint density at radius 1 is 1.71 bits per heavy atom. The Balaban J connectivity index is 2.36. The number of hydrogen-bond donors (Lipinski definition) is 2. The van der Waals surface area contributed by atoms with E-state index in [4.69, 9.17) is 5.73 Å². The molecule has 14 heavy (non-hydrogen) atoms. The van der Waals surface area contributed by atoms with Gasteiger partial charge in [0.25, 0.3) is 0 Å². The van der Waals surface area contributed by atoms with Crippen LogP contribution >= 0.6 is 0 Å². The van der Waals surface area contributed by atoms with Gasteiger partial charge in [-0.3, -0.25) is 4.79 Å². The van der Waals surface area contributed by atoms with E-state index in [-0.39, 0.29) is 37.3 Å². The Morgan fingerprint density at radius 3 is 2.79 bits per heavy atom. The predicted octanol–water partition coefficient (Wildman–Crippen LogP) is 0.885. The average Bonchev–Trinajstić information content (AvgIpc) is 2.44. The van der Waals surface area contributed by atoms with Crippen LogP contribution in [0, 0.1) is 5.92 Å². The molecule has 1 fully saturated rings. The van der Waals surface area contributed by atoms with Crippen LogP contribution in [-0.4, -0.2) is 24.4 Å². The van der Waals surface area contributed by atoms with Crippen LogP contribution in [0.25, 0.3) is 0 Å². The summed E-state index contributed by atoms with van der Waals surface area (Å²) in [5.41, 5.74) is 5.29. The predicted molar refractivity (Wildman–Crippen MR) is 48.9 cm³/mol. The molecule has 0 aromatic rings. The van der Waals surface area contributed by atoms with Crippen molar-refractivity contribution in [1.82, 2.24) is 5.32 Å². The number of amides is 1. The summed E-state index contributed by atoms with van der Waals surface area (Å²) in [6, 6.07) is -0.383. The van der Waals surface area contributed by atoms with E-state index in [2.05, 4.69) is 5.32 Å². The maximum Gasteiger partial charge on any atom is 0.250 e. The van der Waals surface area contributed by atoms with Crippen molar-refractivity contribution in [2.75, 3.05) is 6.54 Å². The molecular weight excluding hydrogens is 190 g/mol. The molecule has 1 saturated carbocycles. The van der Waals surface area contributed by atoms with Gasteiger partial charge in [0.2, 0.25) is 11.8 Å². The van der Waals surface area contributed by atoms with E-state index in [9.17, 15) is 13.6 Å². The van der Waals surface area contributed by atoms with Crippen LogP contribution in [0.5, 0.6) is 0 Å². The second kappa shape index (κ2) is 4.21. The first-order valence-electron chi connectivity index (χ1n) is 4.83. The first-order valence-corrected chi connectivity index (χ1v) is 4.83. The number of alkyl halides is 2. The molecule has 3 nitrogen and oxygen atoms in total. The van der Waals surface area contributed by atoms with Crippen molar-refractivity contribution in [3.05, 3.63) is 0 Å². The molecule has 0 saturated heterocycles. The summed E-state index contributed by atoms with van der Waals surface area (Å²) >= 11 is 0. The lowest BCUT2D eigenvalue weighted by atomic mass is 10.1. The largest absolute Gasteiger partial charge is 0.353 e. The molecule has 2 atom stereocenters. The number of carbonyl (C=O) groups is 1. The summed E-state index contributed by atoms with van der Waals surface area (Å²) in [4.78, 5) is 11.3. The smallest absolute Gasteiger partial charge is 0.250 e. The van der Waals surface area contributed by atoms with Gasteiger partial charge >= 0.3 is 0 Å². The van der Waals surface area contributed by atoms with E-state index >= 15 is 0 Å². The Hall–Kier alpha value is -0.710. The molecule has 0 spiro atoms. The Bertz CT molecular complexity index is 221. The minimum absolute atomic E-state index is 0.130. The molecule has 1 aliphatic rings. The van der Waals surface area contributed by atoms with Gasteiger partial charge in [-0.2, -0.15) is 0 Å². The van der Waals surface area contributed by atoms with Crippen LogP contribution in [-0.2, 0) is 4.79 Å². The molecule has 0 bridgehead atoms. The van der Waals surface area contributed by atoms with Gasteiger partial charge in [-0.15, -0.1) is 0 Å². The van der Waals surface area contributed by atoms with Crippen LogP contribution in [0.4, 0.5) is 8.78 Å². The van der Waals surface area contributed by atoms with Crippen LogP contribution in [0.3, 0.4) is 0 Å². The SMILES string of the molecule is CC(CN)C(=O)NC1CCC(F)(F)C1. The number of carbonyl (C=O) groups excluding carboxylic acids is 1. The maximum atomic E-state index is 12.8. The normalized spacial score (nSPS) is 27.3. The van der Waals surface area contributed by atoms with Gasteiger partial charge in [-0.25, -0.2) is 8.78 Å². The van der Waals surface area contributed by atoms with E-state index in [0.29, 0.717) is 6.42 Å². The molecule has 5 heteroatoms. The van der Waals surface area contributed by atoms with E-state index < -0.39 is 5.92 Å². The molecule has 0 aliphatic heterocycles. The lowest BCUT2D eigenvalue weighted by molar-refractivity contribution is -0.125. The second-order valence-electron chi connectivity index (χ2n) is 3.94. The molecule has 0 aromatic carbocycles. The monoisotopic (exact) mass is 206 g/mol. The molecule has 1 amide bonds. The van der Waals surface area contributed by atoms with Crippen molar-refractivity contribution in [3.63, 3.8) is 0 Å². The molecule has 0 radical (unpaired) electrons. The van der Waals surface area contributed by atoms with Crippen LogP contribution in [0.15, 0.2) is 0 Å². The second-order valence-corrected chi connectivity index (χ2v) is 3.94. The number of rotatable bonds is 3. The molecule has 0 heterocycles. The van der Waals surface area contributed by atoms with E-state index in [0.717, 1.165) is 0 Å². The number of nitrogens with one attached hydrogen (secondary N) is 1. The summed E-state index contributed by atoms with van der Waals surface area (Å²) in [5, 5.41) is 2.59. The van der Waals surface area contributed by atoms with Crippen molar-refractivity contribution in [2.24, 2.45) is 11.7 Å². The topological polar surface area (TPSA) is 55.1 Å². The highest BCUT2D eigenvalue weighted by Crippen LogP contribution is 2.34. The van der Waals surface area contributed by atoms with Crippen LogP contribution < -0.4 is 11.1 Å². The van der Waals surface area contributed by atoms with E-state index in [1.54, 1.807) is 6.92 Å². The zero-order valence-corrected chi connectivity index (χ0v) is 8.22. The lowest BCUT2D eigenvalue weighted by Gasteiger charge is -2.15. The quantitative estimate of drug-likeness (QED) is 0.720. The third-order valence-electron chi connectivity index (χ3n) is 2.55. The number of nitrogens with two attached hydrogens (primary N) is 1. The molecular formula is C9H16F2N2O. The van der Waals surface area contributed by atoms with Crippen molar-refractivity contribution in [2.45, 2.75) is 38.2 Å². The van der Waals surface area contributed by atoms with Gasteiger partial charge in [0.1, 0.15) is 0 Å². The van der Waals surface area contributed by atoms with Crippen LogP contribution in [0.2, 0.25) is 0 Å². The van der Waals surface area contributed by atoms with Crippen molar-refractivity contribution >= 4 is 5.91 Å². The molecule has 1 aliphatic carbocycles. The minimum atomic E-state index is -2.61. The highest BCUT2D eigenvalue weighted by atomic mass is 19.3. The van der Waals surface area contributed by atoms with E-state index in [1.807, 2.05) is 0 Å². The lowest BCUT2D eigenvalue weighted by Crippen LogP contribution is -2.39. The van der Waals surface area contributed by atoms with Gasteiger partial charge in [0.15, 0.2) is 0 Å². The van der Waals surface area contributed by atoms with Crippen molar-refractivity contribution < 1.29 is 13.6 Å². The van der Waals surface area contributed by atoms with Gasteiger partial charge < -0.3 is 11.1 Å². The zero-order valence-electron chi connectivity index (χ0n) is 8.22. The summed E-state index contributed by atoms with van der Waals surface area (Å²) in [6.45, 7) is 1.93. The summed E-state index contributed by atoms with van der Waals surface area (Å²) in [6.07, 6.45) is -0.0129. The van der Waals surface area contributed by atoms with Crippen LogP contribution in [0.1, 0.15) is 26.2 Å².